The maximum absolute atomic E-state index is 13.7. The number of hydrogen-bond donors (Lipinski definition) is 0. The number of carbonyl (C=O) groups excluding carboxylic acids is 1. The number of esters is 1. The van der Waals surface area contributed by atoms with E-state index in [-0.39, 0.29) is 22.4 Å². The van der Waals surface area contributed by atoms with Gasteiger partial charge < -0.3 is 4.74 Å². The quantitative estimate of drug-likeness (QED) is 0.315. The average molecular weight is 381 g/mol. The van der Waals surface area contributed by atoms with Crippen molar-refractivity contribution in [3.8, 4) is 0 Å². The van der Waals surface area contributed by atoms with Crippen molar-refractivity contribution in [1.82, 2.24) is 0 Å². The van der Waals surface area contributed by atoms with Gasteiger partial charge in [0.25, 0.3) is 0 Å². The normalized spacial score (nSPS) is 20.0. The largest absolute Gasteiger partial charge is 0.458 e. The van der Waals surface area contributed by atoms with Gasteiger partial charge in [-0.1, -0.05) is 87.5 Å². The second-order valence-corrected chi connectivity index (χ2v) is 11.1. The van der Waals surface area contributed by atoms with E-state index in [1.54, 1.807) is 0 Å². The fourth-order valence-electron chi connectivity index (χ4n) is 4.88. The molecule has 2 nitrogen and oxygen atoms in total. The summed E-state index contributed by atoms with van der Waals surface area (Å²) in [6, 6.07) is 0. The number of rotatable bonds is 8. The van der Waals surface area contributed by atoms with Crippen LogP contribution in [0, 0.1) is 22.2 Å². The van der Waals surface area contributed by atoms with E-state index in [2.05, 4.69) is 62.3 Å². The molecule has 0 heterocycles. The van der Waals surface area contributed by atoms with Crippen LogP contribution in [0.3, 0.4) is 0 Å². The molecule has 0 bridgehead atoms. The maximum Gasteiger partial charge on any atom is 0.312 e. The lowest BCUT2D eigenvalue weighted by Crippen LogP contribution is -2.50. The van der Waals surface area contributed by atoms with E-state index in [0.29, 0.717) is 5.92 Å². The van der Waals surface area contributed by atoms with Crippen LogP contribution in [0.25, 0.3) is 0 Å². The minimum Gasteiger partial charge on any atom is -0.458 e. The first-order valence-corrected chi connectivity index (χ1v) is 11.6. The standard InChI is InChI=1S/C25H48O2/c1-10-23(7,8)19-24(9,22(4,5)6)21(26)27-25(11-2,12-3)20-17-15-13-14-16-18-20/h20H,10-19H2,1-9H3. The van der Waals surface area contributed by atoms with E-state index in [4.69, 9.17) is 4.74 Å². The zero-order valence-corrected chi connectivity index (χ0v) is 20.0. The molecule has 1 aliphatic rings. The van der Waals surface area contributed by atoms with E-state index in [1.165, 1.54) is 38.5 Å². The van der Waals surface area contributed by atoms with Crippen LogP contribution in [-0.2, 0) is 9.53 Å². The summed E-state index contributed by atoms with van der Waals surface area (Å²) in [4.78, 5) is 13.7. The van der Waals surface area contributed by atoms with Crippen molar-refractivity contribution in [2.45, 2.75) is 132 Å². The Bertz CT molecular complexity index is 459. The Morgan fingerprint density at radius 2 is 1.30 bits per heavy atom. The lowest BCUT2D eigenvalue weighted by Gasteiger charge is -2.48. The summed E-state index contributed by atoms with van der Waals surface area (Å²) in [6.45, 7) is 20.0. The summed E-state index contributed by atoms with van der Waals surface area (Å²) in [6.07, 6.45) is 11.4. The molecule has 0 amide bonds. The molecule has 1 unspecified atom stereocenters. The zero-order valence-electron chi connectivity index (χ0n) is 20.0. The fraction of sp³-hybridized carbons (Fsp3) is 0.960. The van der Waals surface area contributed by atoms with E-state index in [1.807, 2.05) is 0 Å². The van der Waals surface area contributed by atoms with Crippen molar-refractivity contribution >= 4 is 5.97 Å². The summed E-state index contributed by atoms with van der Waals surface area (Å²) in [7, 11) is 0. The van der Waals surface area contributed by atoms with Gasteiger partial charge in [-0.05, 0) is 55.8 Å². The van der Waals surface area contributed by atoms with Crippen LogP contribution in [0.4, 0.5) is 0 Å². The third-order valence-corrected chi connectivity index (χ3v) is 7.99. The molecule has 0 aliphatic heterocycles. The van der Waals surface area contributed by atoms with E-state index < -0.39 is 5.41 Å². The van der Waals surface area contributed by atoms with Crippen molar-refractivity contribution in [1.29, 1.82) is 0 Å². The third-order valence-electron chi connectivity index (χ3n) is 7.99. The van der Waals surface area contributed by atoms with Gasteiger partial charge >= 0.3 is 5.97 Å². The van der Waals surface area contributed by atoms with Gasteiger partial charge in [-0.25, -0.2) is 0 Å². The summed E-state index contributed by atoms with van der Waals surface area (Å²) in [5, 5.41) is 0. The molecule has 0 aromatic carbocycles. The Kier molecular flexibility index (Phi) is 8.45. The molecule has 1 fully saturated rings. The summed E-state index contributed by atoms with van der Waals surface area (Å²) >= 11 is 0. The Labute approximate surface area is 170 Å². The van der Waals surface area contributed by atoms with E-state index in [0.717, 1.165) is 25.7 Å². The molecule has 1 saturated carbocycles. The van der Waals surface area contributed by atoms with Crippen LogP contribution in [0.5, 0.6) is 0 Å². The van der Waals surface area contributed by atoms with Gasteiger partial charge in [0.05, 0.1) is 5.41 Å². The number of carbonyl (C=O) groups is 1. The number of ether oxygens (including phenoxy) is 1. The molecule has 1 atom stereocenters. The van der Waals surface area contributed by atoms with E-state index >= 15 is 0 Å². The predicted octanol–water partition coefficient (Wildman–Crippen LogP) is 7.94. The smallest absolute Gasteiger partial charge is 0.312 e. The van der Waals surface area contributed by atoms with Gasteiger partial charge in [0, 0.05) is 0 Å². The highest BCUT2D eigenvalue weighted by atomic mass is 16.6. The van der Waals surface area contributed by atoms with Crippen LogP contribution in [0.2, 0.25) is 0 Å². The third kappa shape index (κ3) is 5.73. The Hall–Kier alpha value is -0.530. The fourth-order valence-corrected chi connectivity index (χ4v) is 4.88. The molecule has 2 heteroatoms. The SMILES string of the molecule is CCC(C)(C)CC(C)(C(=O)OC(CC)(CC)C1CCCCCC1)C(C)(C)C. The second-order valence-electron chi connectivity index (χ2n) is 11.1. The predicted molar refractivity (Wildman–Crippen MR) is 117 cm³/mol. The zero-order chi connectivity index (χ0) is 20.9. The molecule has 0 saturated heterocycles. The summed E-state index contributed by atoms with van der Waals surface area (Å²) in [5.74, 6) is 0.548. The highest BCUT2D eigenvalue weighted by Gasteiger charge is 2.51. The molecule has 0 N–H and O–H groups in total. The molecule has 1 rings (SSSR count). The van der Waals surface area contributed by atoms with Gasteiger partial charge in [0.1, 0.15) is 5.60 Å². The van der Waals surface area contributed by atoms with Gasteiger partial charge in [0.15, 0.2) is 0 Å². The van der Waals surface area contributed by atoms with E-state index in [9.17, 15) is 4.79 Å². The Balaban J connectivity index is 3.18. The van der Waals surface area contributed by atoms with Gasteiger partial charge in [0.2, 0.25) is 0 Å². The summed E-state index contributed by atoms with van der Waals surface area (Å²) < 4.78 is 6.57. The second kappa shape index (κ2) is 9.31. The van der Waals surface area contributed by atoms with Crippen LogP contribution in [0.1, 0.15) is 127 Å². The van der Waals surface area contributed by atoms with Crippen molar-refractivity contribution in [2.24, 2.45) is 22.2 Å². The molecule has 160 valence electrons. The van der Waals surface area contributed by atoms with Crippen molar-refractivity contribution < 1.29 is 9.53 Å². The maximum atomic E-state index is 13.7. The molecule has 0 radical (unpaired) electrons. The van der Waals surface area contributed by atoms with Gasteiger partial charge in [-0.15, -0.1) is 0 Å². The van der Waals surface area contributed by atoms with Crippen LogP contribution < -0.4 is 0 Å². The topological polar surface area (TPSA) is 26.3 Å². The van der Waals surface area contributed by atoms with Gasteiger partial charge in [-0.2, -0.15) is 0 Å². The van der Waals surface area contributed by atoms with Crippen molar-refractivity contribution in [3.05, 3.63) is 0 Å². The molecule has 27 heavy (non-hydrogen) atoms. The summed E-state index contributed by atoms with van der Waals surface area (Å²) in [5.41, 5.74) is -0.769. The molecule has 1 aliphatic carbocycles. The first kappa shape index (κ1) is 24.5. The Morgan fingerprint density at radius 1 is 0.815 bits per heavy atom. The minimum absolute atomic E-state index is 0.0319. The highest BCUT2D eigenvalue weighted by Crippen LogP contribution is 2.50. The number of hydrogen-bond acceptors (Lipinski definition) is 2. The van der Waals surface area contributed by atoms with Crippen LogP contribution in [-0.4, -0.2) is 11.6 Å². The highest BCUT2D eigenvalue weighted by molar-refractivity contribution is 5.78. The molecule has 0 aromatic rings. The van der Waals surface area contributed by atoms with Crippen molar-refractivity contribution in [3.63, 3.8) is 0 Å². The molecular formula is C25H48O2. The van der Waals surface area contributed by atoms with Crippen LogP contribution >= 0.6 is 0 Å². The monoisotopic (exact) mass is 380 g/mol. The van der Waals surface area contributed by atoms with Crippen molar-refractivity contribution in [2.75, 3.05) is 0 Å². The molecule has 0 aromatic heterocycles. The minimum atomic E-state index is -0.479. The average Bonchev–Trinajstić information content (AvgIpc) is 2.88. The lowest BCUT2D eigenvalue weighted by molar-refractivity contribution is -0.190. The Morgan fingerprint density at radius 3 is 1.67 bits per heavy atom. The first-order valence-electron chi connectivity index (χ1n) is 11.6. The first-order chi connectivity index (χ1) is 12.4. The van der Waals surface area contributed by atoms with Gasteiger partial charge in [-0.3, -0.25) is 4.79 Å². The van der Waals surface area contributed by atoms with Crippen LogP contribution in [0.15, 0.2) is 0 Å². The lowest BCUT2D eigenvalue weighted by atomic mass is 9.60. The molecule has 0 spiro atoms. The molecular weight excluding hydrogens is 332 g/mol.